The number of hydrogen-bond donors (Lipinski definition) is 2. The summed E-state index contributed by atoms with van der Waals surface area (Å²) in [6, 6.07) is 11.0. The van der Waals surface area contributed by atoms with Crippen LogP contribution in [-0.4, -0.2) is 33.4 Å². The average molecular weight is 416 g/mol. The van der Waals surface area contributed by atoms with Crippen molar-refractivity contribution >= 4 is 27.6 Å². The van der Waals surface area contributed by atoms with E-state index < -0.39 is 46.8 Å². The number of sulfonamides is 1. The molecule has 0 aliphatic carbocycles. The Balaban J connectivity index is 1.79. The Morgan fingerprint density at radius 2 is 1.57 bits per heavy atom. The van der Waals surface area contributed by atoms with Crippen molar-refractivity contribution in [3.8, 4) is 0 Å². The van der Waals surface area contributed by atoms with Crippen LogP contribution < -0.4 is 10.0 Å². The van der Waals surface area contributed by atoms with Gasteiger partial charge in [-0.25, -0.2) is 8.42 Å². The van der Waals surface area contributed by atoms with Gasteiger partial charge in [0.1, 0.15) is 6.54 Å². The Morgan fingerprint density at radius 1 is 0.964 bits per heavy atom. The molecule has 0 radical (unpaired) electrons. The van der Waals surface area contributed by atoms with Crippen molar-refractivity contribution in [2.24, 2.45) is 0 Å². The molecule has 0 fully saturated rings. The van der Waals surface area contributed by atoms with E-state index in [1.54, 1.807) is 6.07 Å². The normalized spacial score (nSPS) is 11.7. The van der Waals surface area contributed by atoms with E-state index in [0.717, 1.165) is 24.3 Å². The molecule has 0 bridgehead atoms. The highest BCUT2D eigenvalue weighted by atomic mass is 32.2. The lowest BCUT2D eigenvalue weighted by Gasteiger charge is -2.09. The third-order valence-electron chi connectivity index (χ3n) is 3.32. The molecular formula is C17H15F3N2O5S. The molecular weight excluding hydrogens is 401 g/mol. The molecule has 0 saturated carbocycles. The number of alkyl halides is 3. The van der Waals surface area contributed by atoms with Crippen LogP contribution in [0.5, 0.6) is 0 Å². The number of anilines is 1. The van der Waals surface area contributed by atoms with Crippen LogP contribution in [0.25, 0.3) is 0 Å². The lowest BCUT2D eigenvalue weighted by molar-refractivity contribution is -0.146. The number of benzene rings is 2. The maximum atomic E-state index is 12.5. The van der Waals surface area contributed by atoms with Crippen LogP contribution in [0.15, 0.2) is 59.5 Å². The number of hydrogen-bond acceptors (Lipinski definition) is 5. The molecule has 0 aromatic heterocycles. The van der Waals surface area contributed by atoms with Crippen LogP contribution in [0.2, 0.25) is 0 Å². The number of carbonyl (C=O) groups is 2. The van der Waals surface area contributed by atoms with Crippen LogP contribution in [-0.2, 0) is 30.5 Å². The van der Waals surface area contributed by atoms with Gasteiger partial charge >= 0.3 is 12.1 Å². The fraction of sp³-hybridized carbons (Fsp3) is 0.176. The minimum atomic E-state index is -4.49. The summed E-state index contributed by atoms with van der Waals surface area (Å²) in [5, 5.41) is 2.25. The zero-order valence-corrected chi connectivity index (χ0v) is 15.0. The van der Waals surface area contributed by atoms with Crippen LogP contribution in [0.1, 0.15) is 5.56 Å². The van der Waals surface area contributed by atoms with Gasteiger partial charge in [-0.3, -0.25) is 9.59 Å². The van der Waals surface area contributed by atoms with Crippen LogP contribution >= 0.6 is 0 Å². The van der Waals surface area contributed by atoms with Gasteiger partial charge in [0.05, 0.1) is 10.5 Å². The summed E-state index contributed by atoms with van der Waals surface area (Å²) in [7, 11) is -3.90. The summed E-state index contributed by atoms with van der Waals surface area (Å²) in [6.07, 6.45) is -4.49. The SMILES string of the molecule is O=C(COC(=O)CNS(=O)(=O)c1ccccc1)Nc1ccc(C(F)(F)F)cc1. The van der Waals surface area contributed by atoms with E-state index in [1.807, 2.05) is 4.72 Å². The smallest absolute Gasteiger partial charge is 0.416 e. The summed E-state index contributed by atoms with van der Waals surface area (Å²) in [5.41, 5.74) is -0.790. The molecule has 150 valence electrons. The minimum Gasteiger partial charge on any atom is -0.455 e. The molecule has 2 rings (SSSR count). The first kappa shape index (κ1) is 21.4. The van der Waals surface area contributed by atoms with Crippen molar-refractivity contribution < 1.29 is 35.9 Å². The second-order valence-electron chi connectivity index (χ2n) is 5.42. The largest absolute Gasteiger partial charge is 0.455 e. The van der Waals surface area contributed by atoms with Gasteiger partial charge in [0.2, 0.25) is 10.0 Å². The summed E-state index contributed by atoms with van der Waals surface area (Å²) in [5.74, 6) is -1.79. The minimum absolute atomic E-state index is 0.0390. The molecule has 2 aromatic carbocycles. The van der Waals surface area contributed by atoms with Gasteiger partial charge in [-0.2, -0.15) is 17.9 Å². The van der Waals surface area contributed by atoms with Gasteiger partial charge in [-0.15, -0.1) is 0 Å². The quantitative estimate of drug-likeness (QED) is 0.674. The summed E-state index contributed by atoms with van der Waals surface area (Å²) < 4.78 is 67.9. The predicted octanol–water partition coefficient (Wildman–Crippen LogP) is 2.17. The first-order chi connectivity index (χ1) is 13.1. The van der Waals surface area contributed by atoms with Crippen molar-refractivity contribution in [1.82, 2.24) is 4.72 Å². The third-order valence-corrected chi connectivity index (χ3v) is 4.74. The Labute approximate surface area is 158 Å². The van der Waals surface area contributed by atoms with Gasteiger partial charge < -0.3 is 10.1 Å². The molecule has 0 atom stereocenters. The number of ether oxygens (including phenoxy) is 1. The Hall–Kier alpha value is -2.92. The fourth-order valence-electron chi connectivity index (χ4n) is 1.97. The second-order valence-corrected chi connectivity index (χ2v) is 7.19. The van der Waals surface area contributed by atoms with E-state index in [4.69, 9.17) is 0 Å². The van der Waals surface area contributed by atoms with Crippen LogP contribution in [0, 0.1) is 0 Å². The highest BCUT2D eigenvalue weighted by Gasteiger charge is 2.30. The fourth-order valence-corrected chi connectivity index (χ4v) is 2.96. The molecule has 0 saturated heterocycles. The number of amides is 1. The molecule has 7 nitrogen and oxygen atoms in total. The first-order valence-electron chi connectivity index (χ1n) is 7.75. The summed E-state index contributed by atoms with van der Waals surface area (Å²) >= 11 is 0. The van der Waals surface area contributed by atoms with Gasteiger partial charge in [0.15, 0.2) is 6.61 Å². The molecule has 2 N–H and O–H groups in total. The topological polar surface area (TPSA) is 102 Å². The van der Waals surface area contributed by atoms with Crippen molar-refractivity contribution in [3.05, 3.63) is 60.2 Å². The van der Waals surface area contributed by atoms with Crippen molar-refractivity contribution in [1.29, 1.82) is 0 Å². The molecule has 28 heavy (non-hydrogen) atoms. The number of nitrogens with one attached hydrogen (secondary N) is 2. The van der Waals surface area contributed by atoms with E-state index in [-0.39, 0.29) is 10.6 Å². The second kappa shape index (κ2) is 8.85. The van der Waals surface area contributed by atoms with E-state index in [0.29, 0.717) is 0 Å². The summed E-state index contributed by atoms with van der Waals surface area (Å²) in [4.78, 5) is 23.2. The van der Waals surface area contributed by atoms with Gasteiger partial charge in [0.25, 0.3) is 5.91 Å². The zero-order chi connectivity index (χ0) is 20.8. The Morgan fingerprint density at radius 3 is 2.14 bits per heavy atom. The highest BCUT2D eigenvalue weighted by Crippen LogP contribution is 2.29. The van der Waals surface area contributed by atoms with Crippen LogP contribution in [0.4, 0.5) is 18.9 Å². The van der Waals surface area contributed by atoms with Crippen molar-refractivity contribution in [2.75, 3.05) is 18.5 Å². The monoisotopic (exact) mass is 416 g/mol. The number of halogens is 3. The molecule has 0 unspecified atom stereocenters. The lowest BCUT2D eigenvalue weighted by atomic mass is 10.2. The van der Waals surface area contributed by atoms with Gasteiger partial charge in [0, 0.05) is 5.69 Å². The lowest BCUT2D eigenvalue weighted by Crippen LogP contribution is -2.32. The molecule has 2 aromatic rings. The van der Waals surface area contributed by atoms with E-state index in [9.17, 15) is 31.2 Å². The van der Waals surface area contributed by atoms with Crippen LogP contribution in [0.3, 0.4) is 0 Å². The Kier molecular flexibility index (Phi) is 6.75. The maximum absolute atomic E-state index is 12.5. The standard InChI is InChI=1S/C17H15F3N2O5S/c18-17(19,20)12-6-8-13(9-7-12)22-15(23)11-27-16(24)10-21-28(25,26)14-4-2-1-3-5-14/h1-9,21H,10-11H2,(H,22,23). The van der Waals surface area contributed by atoms with E-state index in [2.05, 4.69) is 10.1 Å². The van der Waals surface area contributed by atoms with Crippen molar-refractivity contribution in [2.45, 2.75) is 11.1 Å². The zero-order valence-electron chi connectivity index (χ0n) is 14.2. The first-order valence-corrected chi connectivity index (χ1v) is 9.24. The summed E-state index contributed by atoms with van der Waals surface area (Å²) in [6.45, 7) is -1.42. The number of carbonyl (C=O) groups excluding carboxylic acids is 2. The van der Waals surface area contributed by atoms with Crippen molar-refractivity contribution in [3.63, 3.8) is 0 Å². The molecule has 1 amide bonds. The van der Waals surface area contributed by atoms with Gasteiger partial charge in [-0.05, 0) is 36.4 Å². The van der Waals surface area contributed by atoms with E-state index in [1.165, 1.54) is 24.3 Å². The van der Waals surface area contributed by atoms with Gasteiger partial charge in [-0.1, -0.05) is 18.2 Å². The Bertz CT molecular complexity index is 930. The molecule has 0 aliphatic heterocycles. The highest BCUT2D eigenvalue weighted by molar-refractivity contribution is 7.89. The average Bonchev–Trinajstić information content (AvgIpc) is 2.65. The number of esters is 1. The molecule has 11 heteroatoms. The molecule has 0 spiro atoms. The maximum Gasteiger partial charge on any atom is 0.416 e. The number of rotatable bonds is 7. The third kappa shape index (κ3) is 6.35. The predicted molar refractivity (Wildman–Crippen MR) is 92.7 cm³/mol. The van der Waals surface area contributed by atoms with E-state index >= 15 is 0 Å². The molecule has 0 aliphatic rings. The molecule has 0 heterocycles.